The van der Waals surface area contributed by atoms with Gasteiger partial charge in [0.05, 0.1) is 39.9 Å². The maximum Gasteiger partial charge on any atom is 0.227 e. The largest absolute Gasteiger partial charge is 0.494 e. The zero-order valence-corrected chi connectivity index (χ0v) is 22.2. The second-order valence-electron chi connectivity index (χ2n) is 9.79. The minimum atomic E-state index is -0.000322. The van der Waals surface area contributed by atoms with Crippen molar-refractivity contribution >= 4 is 50.8 Å². The van der Waals surface area contributed by atoms with Crippen molar-refractivity contribution in [2.24, 2.45) is 4.99 Å². The fourth-order valence-corrected chi connectivity index (χ4v) is 5.10. The summed E-state index contributed by atoms with van der Waals surface area (Å²) >= 11 is 6.20. The summed E-state index contributed by atoms with van der Waals surface area (Å²) < 4.78 is 0. The summed E-state index contributed by atoms with van der Waals surface area (Å²) in [7, 11) is 2.08. The van der Waals surface area contributed by atoms with Crippen LogP contribution in [-0.4, -0.2) is 74.7 Å². The molecule has 1 amide bonds. The molecule has 1 aliphatic heterocycles. The minimum absolute atomic E-state index is 0.000322. The van der Waals surface area contributed by atoms with Gasteiger partial charge in [0.2, 0.25) is 5.91 Å². The molecule has 0 aliphatic carbocycles. The number of likely N-dealkylation sites (N-methyl/N-ethyl adjacent to an activating group) is 1. The average Bonchev–Trinajstić information content (AvgIpc) is 3.27. The van der Waals surface area contributed by atoms with E-state index < -0.39 is 0 Å². The molecular formula is C30H27ClN6O2. The predicted molar refractivity (Wildman–Crippen MR) is 154 cm³/mol. The Balaban J connectivity index is 1.37. The quantitative estimate of drug-likeness (QED) is 0.308. The zero-order chi connectivity index (χ0) is 26.9. The molecule has 2 aromatic heterocycles. The van der Waals surface area contributed by atoms with E-state index in [2.05, 4.69) is 26.9 Å². The van der Waals surface area contributed by atoms with Crippen molar-refractivity contribution in [2.45, 2.75) is 6.42 Å². The van der Waals surface area contributed by atoms with Crippen LogP contribution in [-0.2, 0) is 11.2 Å². The second kappa shape index (κ2) is 10.5. The molecule has 0 saturated carbocycles. The number of aliphatic imine (C=N–C) groups is 1. The number of aromatic amines is 1. The van der Waals surface area contributed by atoms with E-state index in [0.29, 0.717) is 33.9 Å². The summed E-state index contributed by atoms with van der Waals surface area (Å²) in [6.45, 7) is 3.32. The third-order valence-corrected chi connectivity index (χ3v) is 7.34. The molecule has 5 aromatic rings. The number of hydrogen-bond donors (Lipinski definition) is 2. The van der Waals surface area contributed by atoms with Crippen LogP contribution in [0.5, 0.6) is 5.88 Å². The van der Waals surface area contributed by atoms with Crippen LogP contribution in [0.4, 0.5) is 5.69 Å². The molecule has 2 N–H and O–H groups in total. The van der Waals surface area contributed by atoms with Gasteiger partial charge in [-0.05, 0) is 49.0 Å². The van der Waals surface area contributed by atoms with E-state index in [4.69, 9.17) is 16.6 Å². The van der Waals surface area contributed by atoms with Crippen molar-refractivity contribution in [3.05, 3.63) is 94.8 Å². The van der Waals surface area contributed by atoms with Crippen molar-refractivity contribution in [1.29, 1.82) is 0 Å². The van der Waals surface area contributed by atoms with Crippen LogP contribution in [0.2, 0.25) is 5.02 Å². The number of carbonyl (C=O) groups is 1. The highest BCUT2D eigenvalue weighted by Crippen LogP contribution is 2.33. The molecule has 6 rings (SSSR count). The average molecular weight is 539 g/mol. The molecule has 0 atom stereocenters. The van der Waals surface area contributed by atoms with Crippen LogP contribution >= 0.6 is 11.6 Å². The van der Waals surface area contributed by atoms with E-state index in [0.717, 1.165) is 53.7 Å². The number of nitrogens with zero attached hydrogens (tertiary/aromatic N) is 5. The van der Waals surface area contributed by atoms with Crippen molar-refractivity contribution in [1.82, 2.24) is 24.8 Å². The van der Waals surface area contributed by atoms with Gasteiger partial charge >= 0.3 is 0 Å². The molecule has 196 valence electrons. The van der Waals surface area contributed by atoms with E-state index in [1.165, 1.54) is 0 Å². The predicted octanol–water partition coefficient (Wildman–Crippen LogP) is 4.96. The van der Waals surface area contributed by atoms with Gasteiger partial charge in [-0.3, -0.25) is 14.8 Å². The van der Waals surface area contributed by atoms with Crippen LogP contribution < -0.4 is 0 Å². The van der Waals surface area contributed by atoms with Crippen molar-refractivity contribution in [3.63, 3.8) is 0 Å². The Morgan fingerprint density at radius 3 is 2.49 bits per heavy atom. The highest BCUT2D eigenvalue weighted by molar-refractivity contribution is 6.31. The van der Waals surface area contributed by atoms with Gasteiger partial charge in [-0.15, -0.1) is 0 Å². The summed E-state index contributed by atoms with van der Waals surface area (Å²) in [5.41, 5.74) is 5.76. The minimum Gasteiger partial charge on any atom is -0.494 e. The van der Waals surface area contributed by atoms with Gasteiger partial charge in [0.1, 0.15) is 0 Å². The Hall–Kier alpha value is -4.27. The van der Waals surface area contributed by atoms with Gasteiger partial charge in [0.25, 0.3) is 0 Å². The molecule has 3 heterocycles. The first kappa shape index (κ1) is 25.0. The van der Waals surface area contributed by atoms with Crippen LogP contribution in [0.15, 0.2) is 78.0 Å². The highest BCUT2D eigenvalue weighted by atomic mass is 35.5. The first-order valence-electron chi connectivity index (χ1n) is 12.8. The Labute approximate surface area is 230 Å². The molecule has 1 fully saturated rings. The fraction of sp³-hybridized carbons (Fsp3) is 0.200. The maximum atomic E-state index is 12.8. The number of halogens is 1. The number of piperazine rings is 1. The molecule has 1 saturated heterocycles. The molecule has 0 spiro atoms. The Bertz CT molecular complexity index is 1700. The number of carbonyl (C=O) groups excluding carboxylic acids is 1. The van der Waals surface area contributed by atoms with E-state index in [1.54, 1.807) is 24.5 Å². The zero-order valence-electron chi connectivity index (χ0n) is 21.4. The van der Waals surface area contributed by atoms with E-state index in [1.807, 2.05) is 53.4 Å². The van der Waals surface area contributed by atoms with Crippen LogP contribution in [0.1, 0.15) is 16.7 Å². The lowest BCUT2D eigenvalue weighted by atomic mass is 10.00. The molecular weight excluding hydrogens is 512 g/mol. The summed E-state index contributed by atoms with van der Waals surface area (Å²) in [5.74, 6) is 0.138. The maximum absolute atomic E-state index is 12.8. The van der Waals surface area contributed by atoms with Crippen molar-refractivity contribution < 1.29 is 9.90 Å². The Morgan fingerprint density at radius 1 is 0.974 bits per heavy atom. The molecule has 9 heteroatoms. The summed E-state index contributed by atoms with van der Waals surface area (Å²) in [5, 5.41) is 12.3. The van der Waals surface area contributed by atoms with Gasteiger partial charge in [0, 0.05) is 54.5 Å². The number of nitrogens with one attached hydrogen (secondary N) is 1. The first-order valence-corrected chi connectivity index (χ1v) is 13.2. The lowest BCUT2D eigenvalue weighted by Crippen LogP contribution is -2.47. The molecule has 39 heavy (non-hydrogen) atoms. The third-order valence-electron chi connectivity index (χ3n) is 7.11. The molecule has 3 aromatic carbocycles. The topological polar surface area (TPSA) is 97.7 Å². The van der Waals surface area contributed by atoms with Crippen molar-refractivity contribution in [3.8, 4) is 5.88 Å². The molecule has 0 radical (unpaired) electrons. The number of fused-ring (bicyclic) bond motifs is 2. The Morgan fingerprint density at radius 2 is 1.72 bits per heavy atom. The fourth-order valence-electron chi connectivity index (χ4n) is 4.93. The monoisotopic (exact) mass is 538 g/mol. The number of benzene rings is 3. The summed E-state index contributed by atoms with van der Waals surface area (Å²) in [6, 6.07) is 18.8. The van der Waals surface area contributed by atoms with Gasteiger partial charge in [0.15, 0.2) is 5.88 Å². The number of hydrogen-bond acceptors (Lipinski definition) is 6. The highest BCUT2D eigenvalue weighted by Gasteiger charge is 2.21. The van der Waals surface area contributed by atoms with Gasteiger partial charge < -0.3 is 19.9 Å². The normalized spacial score (nSPS) is 14.8. The first-order chi connectivity index (χ1) is 18.9. The number of aromatic nitrogens is 3. The SMILES string of the molecule is CN1CCN(C(=O)Cc2ccc(N=C(c3ccc4nccnc4c3)c3c(O)[nH]c4cc(Cl)ccc34)cc2)CC1. The lowest BCUT2D eigenvalue weighted by molar-refractivity contribution is -0.132. The number of rotatable bonds is 5. The number of aromatic hydroxyl groups is 1. The van der Waals surface area contributed by atoms with Crippen LogP contribution in [0.25, 0.3) is 21.9 Å². The summed E-state index contributed by atoms with van der Waals surface area (Å²) in [6.07, 6.45) is 3.66. The van der Waals surface area contributed by atoms with E-state index in [9.17, 15) is 9.90 Å². The number of H-pyrrole nitrogens is 1. The van der Waals surface area contributed by atoms with Gasteiger partial charge in [-0.2, -0.15) is 0 Å². The van der Waals surface area contributed by atoms with Crippen LogP contribution in [0.3, 0.4) is 0 Å². The van der Waals surface area contributed by atoms with Gasteiger partial charge in [-0.25, -0.2) is 4.99 Å². The van der Waals surface area contributed by atoms with Gasteiger partial charge in [-0.1, -0.05) is 35.9 Å². The van der Waals surface area contributed by atoms with Crippen molar-refractivity contribution in [2.75, 3.05) is 33.2 Å². The molecule has 1 aliphatic rings. The standard InChI is InChI=1S/C30H27ClN6O2/c1-36-12-14-37(15-13-36)27(38)16-19-2-6-22(7-3-19)34-29(20-4-9-24-26(17-20)33-11-10-32-24)28-23-8-5-21(31)18-25(23)35-30(28)39/h2-11,17-18,35,39H,12-16H2,1H3. The van der Waals surface area contributed by atoms with E-state index >= 15 is 0 Å². The van der Waals surface area contributed by atoms with Crippen LogP contribution in [0, 0.1) is 0 Å². The number of amides is 1. The third kappa shape index (κ3) is 5.21. The Kier molecular flexibility index (Phi) is 6.72. The lowest BCUT2D eigenvalue weighted by Gasteiger charge is -2.32. The smallest absolute Gasteiger partial charge is 0.227 e. The molecule has 8 nitrogen and oxygen atoms in total. The summed E-state index contributed by atoms with van der Waals surface area (Å²) in [4.78, 5) is 33.8. The molecule has 0 unspecified atom stereocenters. The second-order valence-corrected chi connectivity index (χ2v) is 10.2. The van der Waals surface area contributed by atoms with E-state index in [-0.39, 0.29) is 11.8 Å². The molecule has 0 bridgehead atoms.